The summed E-state index contributed by atoms with van der Waals surface area (Å²) in [5, 5.41) is 0. The monoisotopic (exact) mass is 991 g/mol. The molecule has 0 fully saturated rings. The van der Waals surface area contributed by atoms with Crippen molar-refractivity contribution in [2.24, 2.45) is 0 Å². The number of ether oxygens (including phenoxy) is 2. The molecule has 0 amide bonds. The topological polar surface area (TPSA) is 91.3 Å². The molecule has 0 heterocycles. The SMILES string of the molecule is CCCCCCC/C=C\C/C=C\C/C=C\CCCCCCCCCCC(=O)OC(COCCCCCCCCCCCCCC/C=C\C/C=C\CCCCCCC)COP(=O)(O)OCC[N+](C)(C)C. The maximum absolute atomic E-state index is 12.8. The minimum atomic E-state index is -4.29. The number of unbranched alkanes of at least 4 members (excludes halogenated alkanes) is 30. The smallest absolute Gasteiger partial charge is 0.457 e. The summed E-state index contributed by atoms with van der Waals surface area (Å²) in [5.41, 5.74) is 0. The molecule has 0 aliphatic heterocycles. The van der Waals surface area contributed by atoms with Crippen molar-refractivity contribution in [2.75, 3.05) is 54.1 Å². The highest BCUT2D eigenvalue weighted by atomic mass is 31.2. The molecule has 0 aromatic carbocycles. The lowest BCUT2D eigenvalue weighted by atomic mass is 10.0. The number of phosphoric ester groups is 1. The fourth-order valence-corrected chi connectivity index (χ4v) is 8.80. The van der Waals surface area contributed by atoms with Crippen LogP contribution >= 0.6 is 7.82 Å². The van der Waals surface area contributed by atoms with Crippen molar-refractivity contribution in [1.29, 1.82) is 0 Å². The molecular formula is C60H113NO7P+. The molecule has 0 bridgehead atoms. The quantitative estimate of drug-likeness (QED) is 0.0213. The van der Waals surface area contributed by atoms with Crippen LogP contribution in [0.5, 0.6) is 0 Å². The summed E-state index contributed by atoms with van der Waals surface area (Å²) in [4.78, 5) is 23.1. The van der Waals surface area contributed by atoms with Crippen LogP contribution in [0.25, 0.3) is 0 Å². The van der Waals surface area contributed by atoms with Crippen LogP contribution in [0.4, 0.5) is 0 Å². The van der Waals surface area contributed by atoms with Crippen molar-refractivity contribution in [3.05, 3.63) is 60.8 Å². The lowest BCUT2D eigenvalue weighted by Gasteiger charge is -2.24. The minimum Gasteiger partial charge on any atom is -0.457 e. The third-order valence-electron chi connectivity index (χ3n) is 12.6. The summed E-state index contributed by atoms with van der Waals surface area (Å²) < 4.78 is 35.3. The van der Waals surface area contributed by atoms with E-state index in [2.05, 4.69) is 74.6 Å². The zero-order chi connectivity index (χ0) is 50.5. The Bertz CT molecular complexity index is 1290. The number of carbonyl (C=O) groups is 1. The molecule has 0 rings (SSSR count). The van der Waals surface area contributed by atoms with E-state index in [-0.39, 0.29) is 25.8 Å². The van der Waals surface area contributed by atoms with Crippen LogP contribution in [0.3, 0.4) is 0 Å². The molecule has 0 aromatic heterocycles. The fourth-order valence-electron chi connectivity index (χ4n) is 8.06. The number of hydrogen-bond acceptors (Lipinski definition) is 6. The van der Waals surface area contributed by atoms with Gasteiger partial charge in [-0.3, -0.25) is 13.8 Å². The average Bonchev–Trinajstić information content (AvgIpc) is 3.31. The predicted octanol–water partition coefficient (Wildman–Crippen LogP) is 18.4. The molecule has 1 N–H and O–H groups in total. The lowest BCUT2D eigenvalue weighted by molar-refractivity contribution is -0.870. The van der Waals surface area contributed by atoms with Gasteiger partial charge < -0.3 is 18.9 Å². The largest absolute Gasteiger partial charge is 0.472 e. The van der Waals surface area contributed by atoms with Crippen molar-refractivity contribution in [3.8, 4) is 0 Å². The van der Waals surface area contributed by atoms with E-state index in [4.69, 9.17) is 18.5 Å². The Hall–Kier alpha value is -1.80. The van der Waals surface area contributed by atoms with Crippen LogP contribution < -0.4 is 0 Å². The molecule has 0 saturated carbocycles. The second-order valence-electron chi connectivity index (χ2n) is 20.7. The molecule has 0 radical (unpaired) electrons. The van der Waals surface area contributed by atoms with Gasteiger partial charge >= 0.3 is 13.8 Å². The molecule has 69 heavy (non-hydrogen) atoms. The normalized spacial score (nSPS) is 13.9. The highest BCUT2D eigenvalue weighted by Crippen LogP contribution is 2.43. The minimum absolute atomic E-state index is 0.0852. The summed E-state index contributed by atoms with van der Waals surface area (Å²) in [5.74, 6) is -0.319. The van der Waals surface area contributed by atoms with Crippen LogP contribution in [0.2, 0.25) is 0 Å². The van der Waals surface area contributed by atoms with Crippen LogP contribution in [0, 0.1) is 0 Å². The summed E-state index contributed by atoms with van der Waals surface area (Å²) >= 11 is 0. The van der Waals surface area contributed by atoms with Gasteiger partial charge in [-0.1, -0.05) is 229 Å². The van der Waals surface area contributed by atoms with E-state index in [0.29, 0.717) is 24.1 Å². The number of rotatable bonds is 54. The molecule has 8 nitrogen and oxygen atoms in total. The Morgan fingerprint density at radius 3 is 1.19 bits per heavy atom. The van der Waals surface area contributed by atoms with E-state index in [1.807, 2.05) is 21.1 Å². The Labute approximate surface area is 428 Å². The van der Waals surface area contributed by atoms with Gasteiger partial charge in [0.25, 0.3) is 0 Å². The highest BCUT2D eigenvalue weighted by molar-refractivity contribution is 7.47. The van der Waals surface area contributed by atoms with Gasteiger partial charge in [0.1, 0.15) is 19.3 Å². The zero-order valence-electron chi connectivity index (χ0n) is 46.0. The molecule has 9 heteroatoms. The third kappa shape index (κ3) is 57.0. The maximum atomic E-state index is 12.8. The first-order valence-corrected chi connectivity index (χ1v) is 30.5. The van der Waals surface area contributed by atoms with E-state index < -0.39 is 13.9 Å². The van der Waals surface area contributed by atoms with Gasteiger partial charge in [-0.2, -0.15) is 0 Å². The van der Waals surface area contributed by atoms with E-state index in [9.17, 15) is 14.3 Å². The Morgan fingerprint density at radius 1 is 0.449 bits per heavy atom. The Morgan fingerprint density at radius 2 is 0.797 bits per heavy atom. The Balaban J connectivity index is 4.10. The molecule has 0 aliphatic carbocycles. The number of quaternary nitrogens is 1. The number of hydrogen-bond donors (Lipinski definition) is 1. The molecule has 0 aliphatic rings. The molecule has 2 unspecified atom stereocenters. The lowest BCUT2D eigenvalue weighted by Crippen LogP contribution is -2.37. The molecule has 0 spiro atoms. The molecular weight excluding hydrogens is 878 g/mol. The number of likely N-dealkylation sites (N-methyl/N-ethyl adjacent to an activating group) is 1. The number of phosphoric acid groups is 1. The molecule has 404 valence electrons. The summed E-state index contributed by atoms with van der Waals surface area (Å²) in [7, 11) is 1.66. The van der Waals surface area contributed by atoms with Gasteiger partial charge in [-0.15, -0.1) is 0 Å². The van der Waals surface area contributed by atoms with E-state index >= 15 is 0 Å². The second-order valence-corrected chi connectivity index (χ2v) is 22.1. The van der Waals surface area contributed by atoms with Gasteiger partial charge in [-0.25, -0.2) is 4.57 Å². The number of allylic oxidation sites excluding steroid dienone is 10. The summed E-state index contributed by atoms with van der Waals surface area (Å²) in [6.45, 7) is 5.62. The zero-order valence-corrected chi connectivity index (χ0v) is 46.9. The predicted molar refractivity (Wildman–Crippen MR) is 298 cm³/mol. The van der Waals surface area contributed by atoms with Crippen LogP contribution in [-0.2, 0) is 27.9 Å². The highest BCUT2D eigenvalue weighted by Gasteiger charge is 2.26. The van der Waals surface area contributed by atoms with Crippen LogP contribution in [0.15, 0.2) is 60.8 Å². The molecule has 2 atom stereocenters. The molecule has 0 aromatic rings. The van der Waals surface area contributed by atoms with Crippen molar-refractivity contribution in [2.45, 2.75) is 264 Å². The first-order chi connectivity index (χ1) is 33.6. The number of esters is 1. The summed E-state index contributed by atoms with van der Waals surface area (Å²) in [6.07, 6.45) is 68.5. The van der Waals surface area contributed by atoms with Crippen molar-refractivity contribution >= 4 is 13.8 Å². The van der Waals surface area contributed by atoms with Crippen molar-refractivity contribution in [3.63, 3.8) is 0 Å². The van der Waals surface area contributed by atoms with E-state index in [1.165, 1.54) is 180 Å². The second kappa shape index (κ2) is 52.5. The Kier molecular flexibility index (Phi) is 51.2. The van der Waals surface area contributed by atoms with Gasteiger partial charge in [0, 0.05) is 13.0 Å². The van der Waals surface area contributed by atoms with Gasteiger partial charge in [0.2, 0.25) is 0 Å². The third-order valence-corrected chi connectivity index (χ3v) is 13.5. The average molecular weight is 992 g/mol. The van der Waals surface area contributed by atoms with Gasteiger partial charge in [-0.05, 0) is 83.5 Å². The van der Waals surface area contributed by atoms with Crippen LogP contribution in [0.1, 0.15) is 258 Å². The van der Waals surface area contributed by atoms with E-state index in [0.717, 1.165) is 57.8 Å². The van der Waals surface area contributed by atoms with Gasteiger partial charge in [0.15, 0.2) is 0 Å². The number of nitrogens with zero attached hydrogens (tertiary/aromatic N) is 1. The summed E-state index contributed by atoms with van der Waals surface area (Å²) in [6, 6.07) is 0. The van der Waals surface area contributed by atoms with Crippen molar-refractivity contribution in [1.82, 2.24) is 0 Å². The molecule has 0 saturated heterocycles. The maximum Gasteiger partial charge on any atom is 0.472 e. The first-order valence-electron chi connectivity index (χ1n) is 29.0. The van der Waals surface area contributed by atoms with Gasteiger partial charge in [0.05, 0.1) is 34.4 Å². The van der Waals surface area contributed by atoms with Crippen LogP contribution in [-0.4, -0.2) is 75.6 Å². The fraction of sp³-hybridized carbons (Fsp3) is 0.817. The standard InChI is InChI=1S/C60H112NO7P/c1-6-8-10-12-14-16-18-20-22-24-26-28-30-32-34-36-38-40-42-44-46-48-50-52-55-65-57-59(58-67-69(63,64)66-56-54-61(3,4)5)68-60(62)53-51-49-47-45-43-41-39-37-35-33-31-29-27-25-23-21-19-17-15-13-11-9-7-2/h18-21,24-27,31,33,59H,6-17,22-23,28-30,32,34-58H2,1-5H3/p+1/b20-18-,21-19-,26-24-,27-25-,33-31-. The van der Waals surface area contributed by atoms with Crippen molar-refractivity contribution < 1.29 is 37.3 Å². The first kappa shape index (κ1) is 67.2. The van der Waals surface area contributed by atoms with E-state index in [1.54, 1.807) is 0 Å². The number of carbonyl (C=O) groups excluding carboxylic acids is 1.